The van der Waals surface area contributed by atoms with E-state index in [0.717, 1.165) is 5.56 Å². The van der Waals surface area contributed by atoms with Gasteiger partial charge in [0.15, 0.2) is 0 Å². The van der Waals surface area contributed by atoms with Crippen LogP contribution < -0.4 is 14.8 Å². The molecule has 7 heteroatoms. The maximum atomic E-state index is 12.0. The molecule has 0 unspecified atom stereocenters. The van der Waals surface area contributed by atoms with Gasteiger partial charge in [-0.25, -0.2) is 4.98 Å². The third-order valence-corrected chi connectivity index (χ3v) is 2.60. The number of methoxy groups -OCH3 is 1. The van der Waals surface area contributed by atoms with Crippen LogP contribution in [0.15, 0.2) is 42.6 Å². The van der Waals surface area contributed by atoms with Gasteiger partial charge in [0.1, 0.15) is 5.75 Å². The third kappa shape index (κ3) is 4.55. The Hall–Kier alpha value is -2.44. The molecule has 0 atom stereocenters. The summed E-state index contributed by atoms with van der Waals surface area (Å²) >= 11 is 0. The first kappa shape index (κ1) is 15.0. The van der Waals surface area contributed by atoms with E-state index in [1.165, 1.54) is 19.2 Å². The van der Waals surface area contributed by atoms with Gasteiger partial charge in [-0.05, 0) is 29.8 Å². The molecular formula is C14H13F3N2O2. The standard InChI is InChI=1S/C14H13F3N2O2/c1-20-13-12(3-2-8-18-13)19-9-10-4-6-11(7-5-10)21-14(15,16)17/h2-8,19H,9H2,1H3. The second-order valence-corrected chi connectivity index (χ2v) is 4.11. The van der Waals surface area contributed by atoms with Gasteiger partial charge in [0.25, 0.3) is 0 Å². The van der Waals surface area contributed by atoms with Crippen LogP contribution in [0.3, 0.4) is 0 Å². The van der Waals surface area contributed by atoms with Gasteiger partial charge in [0, 0.05) is 12.7 Å². The Morgan fingerprint density at radius 3 is 2.48 bits per heavy atom. The minimum Gasteiger partial charge on any atom is -0.480 e. The molecule has 0 aliphatic rings. The van der Waals surface area contributed by atoms with Gasteiger partial charge in [-0.1, -0.05) is 12.1 Å². The van der Waals surface area contributed by atoms with Crippen molar-refractivity contribution in [1.29, 1.82) is 0 Å². The third-order valence-electron chi connectivity index (χ3n) is 2.60. The van der Waals surface area contributed by atoms with Crippen LogP contribution in [-0.2, 0) is 6.54 Å². The van der Waals surface area contributed by atoms with E-state index < -0.39 is 6.36 Å². The molecule has 112 valence electrons. The minimum atomic E-state index is -4.68. The van der Waals surface area contributed by atoms with Crippen LogP contribution >= 0.6 is 0 Å². The number of aromatic nitrogens is 1. The molecule has 0 saturated carbocycles. The maximum absolute atomic E-state index is 12.0. The van der Waals surface area contributed by atoms with Gasteiger partial charge >= 0.3 is 6.36 Å². The highest BCUT2D eigenvalue weighted by Gasteiger charge is 2.30. The van der Waals surface area contributed by atoms with E-state index in [2.05, 4.69) is 15.0 Å². The van der Waals surface area contributed by atoms with Crippen LogP contribution in [0.4, 0.5) is 18.9 Å². The number of benzene rings is 1. The molecule has 4 nitrogen and oxygen atoms in total. The zero-order valence-corrected chi connectivity index (χ0v) is 11.1. The Kier molecular flexibility index (Phi) is 4.52. The van der Waals surface area contributed by atoms with E-state index in [1.807, 2.05) is 0 Å². The first-order chi connectivity index (χ1) is 9.98. The zero-order chi connectivity index (χ0) is 15.3. The Bertz CT molecular complexity index is 586. The number of alkyl halides is 3. The minimum absolute atomic E-state index is 0.245. The number of halogens is 3. The van der Waals surface area contributed by atoms with E-state index in [0.29, 0.717) is 18.1 Å². The molecular weight excluding hydrogens is 285 g/mol. The molecule has 0 aliphatic heterocycles. The Morgan fingerprint density at radius 2 is 1.86 bits per heavy atom. The lowest BCUT2D eigenvalue weighted by molar-refractivity contribution is -0.274. The second kappa shape index (κ2) is 6.34. The first-order valence-corrected chi connectivity index (χ1v) is 6.05. The highest BCUT2D eigenvalue weighted by Crippen LogP contribution is 2.24. The lowest BCUT2D eigenvalue weighted by atomic mass is 10.2. The lowest BCUT2D eigenvalue weighted by Crippen LogP contribution is -2.17. The molecule has 1 aromatic heterocycles. The van der Waals surface area contributed by atoms with Gasteiger partial charge in [-0.3, -0.25) is 0 Å². The van der Waals surface area contributed by atoms with Gasteiger partial charge in [0.2, 0.25) is 5.88 Å². The first-order valence-electron chi connectivity index (χ1n) is 6.05. The summed E-state index contributed by atoms with van der Waals surface area (Å²) in [6.07, 6.45) is -3.07. The topological polar surface area (TPSA) is 43.4 Å². The molecule has 2 rings (SSSR count). The monoisotopic (exact) mass is 298 g/mol. The summed E-state index contributed by atoms with van der Waals surface area (Å²) in [7, 11) is 1.51. The molecule has 0 fully saturated rings. The number of nitrogens with one attached hydrogen (secondary N) is 1. The average molecular weight is 298 g/mol. The summed E-state index contributed by atoms with van der Waals surface area (Å²) in [6.45, 7) is 0.425. The summed E-state index contributed by atoms with van der Waals surface area (Å²) in [6, 6.07) is 9.20. The van der Waals surface area contributed by atoms with Gasteiger partial charge in [-0.15, -0.1) is 13.2 Å². The zero-order valence-electron chi connectivity index (χ0n) is 11.1. The predicted octanol–water partition coefficient (Wildman–Crippen LogP) is 3.60. The van der Waals surface area contributed by atoms with Crippen molar-refractivity contribution in [3.63, 3.8) is 0 Å². The smallest absolute Gasteiger partial charge is 0.480 e. The van der Waals surface area contributed by atoms with Gasteiger partial charge < -0.3 is 14.8 Å². The van der Waals surface area contributed by atoms with Crippen molar-refractivity contribution in [3.05, 3.63) is 48.2 Å². The highest BCUT2D eigenvalue weighted by molar-refractivity contribution is 5.52. The van der Waals surface area contributed by atoms with E-state index in [9.17, 15) is 13.2 Å². The molecule has 0 aliphatic carbocycles. The number of ether oxygens (including phenoxy) is 2. The number of rotatable bonds is 5. The number of anilines is 1. The summed E-state index contributed by atoms with van der Waals surface area (Å²) in [5.41, 5.74) is 1.51. The van der Waals surface area contributed by atoms with Crippen LogP contribution in [-0.4, -0.2) is 18.5 Å². The van der Waals surface area contributed by atoms with Gasteiger partial charge in [-0.2, -0.15) is 0 Å². The molecule has 0 amide bonds. The molecule has 21 heavy (non-hydrogen) atoms. The largest absolute Gasteiger partial charge is 0.573 e. The van der Waals surface area contributed by atoms with Crippen molar-refractivity contribution in [2.45, 2.75) is 12.9 Å². The van der Waals surface area contributed by atoms with Crippen molar-refractivity contribution in [2.24, 2.45) is 0 Å². The molecule has 0 bridgehead atoms. The van der Waals surface area contributed by atoms with E-state index in [4.69, 9.17) is 4.74 Å². The highest BCUT2D eigenvalue weighted by atomic mass is 19.4. The summed E-state index contributed by atoms with van der Waals surface area (Å²) < 4.78 is 45.0. The van der Waals surface area contributed by atoms with Crippen LogP contribution in [0.2, 0.25) is 0 Å². The summed E-state index contributed by atoms with van der Waals surface area (Å²) in [5, 5.41) is 3.10. The number of hydrogen-bond acceptors (Lipinski definition) is 4. The van der Waals surface area contributed by atoms with Crippen LogP contribution in [0.5, 0.6) is 11.6 Å². The van der Waals surface area contributed by atoms with Crippen LogP contribution in [0.25, 0.3) is 0 Å². The molecule has 0 spiro atoms. The van der Waals surface area contributed by atoms with Crippen molar-refractivity contribution < 1.29 is 22.6 Å². The van der Waals surface area contributed by atoms with Crippen LogP contribution in [0.1, 0.15) is 5.56 Å². The Labute approximate surface area is 119 Å². The fraction of sp³-hybridized carbons (Fsp3) is 0.214. The SMILES string of the molecule is COc1ncccc1NCc1ccc(OC(F)(F)F)cc1. The number of nitrogens with zero attached hydrogens (tertiary/aromatic N) is 1. The molecule has 0 radical (unpaired) electrons. The fourth-order valence-electron chi connectivity index (χ4n) is 1.69. The summed E-state index contributed by atoms with van der Waals surface area (Å²) in [5.74, 6) is 0.208. The van der Waals surface area contributed by atoms with Crippen molar-refractivity contribution in [3.8, 4) is 11.6 Å². The number of hydrogen-bond donors (Lipinski definition) is 1. The Balaban J connectivity index is 1.98. The molecule has 0 saturated heterocycles. The normalized spacial score (nSPS) is 11.0. The quantitative estimate of drug-likeness (QED) is 0.916. The van der Waals surface area contributed by atoms with Gasteiger partial charge in [0.05, 0.1) is 12.8 Å². The van der Waals surface area contributed by atoms with Crippen molar-refractivity contribution in [1.82, 2.24) is 4.98 Å². The number of pyridine rings is 1. The van der Waals surface area contributed by atoms with Crippen molar-refractivity contribution >= 4 is 5.69 Å². The lowest BCUT2D eigenvalue weighted by Gasteiger charge is -2.11. The second-order valence-electron chi connectivity index (χ2n) is 4.11. The summed E-state index contributed by atoms with van der Waals surface area (Å²) in [4.78, 5) is 4.03. The predicted molar refractivity (Wildman–Crippen MR) is 71.2 cm³/mol. The molecule has 1 heterocycles. The fourth-order valence-corrected chi connectivity index (χ4v) is 1.69. The van der Waals surface area contributed by atoms with Crippen LogP contribution in [0, 0.1) is 0 Å². The van der Waals surface area contributed by atoms with E-state index in [-0.39, 0.29) is 5.75 Å². The van der Waals surface area contributed by atoms with Crippen molar-refractivity contribution in [2.75, 3.05) is 12.4 Å². The maximum Gasteiger partial charge on any atom is 0.573 e. The molecule has 1 N–H and O–H groups in total. The average Bonchev–Trinajstić information content (AvgIpc) is 2.45. The van der Waals surface area contributed by atoms with E-state index in [1.54, 1.807) is 30.5 Å². The molecule has 1 aromatic carbocycles. The van der Waals surface area contributed by atoms with E-state index >= 15 is 0 Å². The Morgan fingerprint density at radius 1 is 1.14 bits per heavy atom. The molecule has 2 aromatic rings.